The lowest BCUT2D eigenvalue weighted by Gasteiger charge is -2.17. The van der Waals surface area contributed by atoms with Crippen molar-refractivity contribution in [3.05, 3.63) is 42.4 Å². The predicted octanol–water partition coefficient (Wildman–Crippen LogP) is 3.75. The highest BCUT2D eigenvalue weighted by atomic mass is 16.5. The standard InChI is InChI=1S/C23H27N7O3/c1-13(2)26-23(32)28-19-10-18(16(11-24-19)20(31)14-8-9-14)27-17-7-5-6-15(21(17)33-4)22-25-12-30(3)29-22/h5-7,10-14H,8-9H2,1-4H3,(H3,24,26,27,28,32). The second-order valence-corrected chi connectivity index (χ2v) is 8.26. The molecule has 1 aromatic carbocycles. The van der Waals surface area contributed by atoms with Crippen LogP contribution in [0.3, 0.4) is 0 Å². The maximum Gasteiger partial charge on any atom is 0.320 e. The predicted molar refractivity (Wildman–Crippen MR) is 125 cm³/mol. The molecule has 0 bridgehead atoms. The highest BCUT2D eigenvalue weighted by molar-refractivity contribution is 6.05. The van der Waals surface area contributed by atoms with Gasteiger partial charge in [-0.1, -0.05) is 6.07 Å². The Morgan fingerprint density at radius 3 is 2.61 bits per heavy atom. The van der Waals surface area contributed by atoms with Crippen molar-refractivity contribution in [1.29, 1.82) is 0 Å². The maximum atomic E-state index is 12.9. The number of aryl methyl sites for hydroxylation is 1. The Morgan fingerprint density at radius 1 is 1.18 bits per heavy atom. The SMILES string of the molecule is COc1c(Nc2cc(NC(=O)NC(C)C)ncc2C(=O)C2CC2)cccc1-c1ncn(C)n1. The second-order valence-electron chi connectivity index (χ2n) is 8.26. The minimum Gasteiger partial charge on any atom is -0.494 e. The van der Waals surface area contributed by atoms with E-state index in [1.54, 1.807) is 31.2 Å². The van der Waals surface area contributed by atoms with Gasteiger partial charge >= 0.3 is 6.03 Å². The summed E-state index contributed by atoms with van der Waals surface area (Å²) in [5, 5.41) is 13.1. The molecule has 3 N–H and O–H groups in total. The number of methoxy groups -OCH3 is 1. The molecule has 2 amide bonds. The maximum absolute atomic E-state index is 12.9. The van der Waals surface area contributed by atoms with Gasteiger partial charge in [-0.2, -0.15) is 5.10 Å². The second kappa shape index (κ2) is 9.27. The third-order valence-corrected chi connectivity index (χ3v) is 5.11. The minimum absolute atomic E-state index is 0.0151. The summed E-state index contributed by atoms with van der Waals surface area (Å²) in [5.74, 6) is 1.43. The molecule has 1 saturated carbocycles. The van der Waals surface area contributed by atoms with Crippen molar-refractivity contribution in [3.8, 4) is 17.1 Å². The first-order valence-corrected chi connectivity index (χ1v) is 10.8. The molecule has 0 spiro atoms. The van der Waals surface area contributed by atoms with Crippen molar-refractivity contribution in [2.75, 3.05) is 17.7 Å². The molecule has 3 aromatic rings. The first kappa shape index (κ1) is 22.3. The summed E-state index contributed by atoms with van der Waals surface area (Å²) < 4.78 is 7.29. The summed E-state index contributed by atoms with van der Waals surface area (Å²) in [6, 6.07) is 6.83. The van der Waals surface area contributed by atoms with Gasteiger partial charge in [-0.15, -0.1) is 0 Å². The zero-order valence-corrected chi connectivity index (χ0v) is 19.0. The average Bonchev–Trinajstić information content (AvgIpc) is 3.53. The third-order valence-electron chi connectivity index (χ3n) is 5.11. The highest BCUT2D eigenvalue weighted by Crippen LogP contribution is 2.39. The summed E-state index contributed by atoms with van der Waals surface area (Å²) in [7, 11) is 3.36. The number of carbonyl (C=O) groups excluding carboxylic acids is 2. The number of hydrogen-bond acceptors (Lipinski definition) is 7. The Kier molecular flexibility index (Phi) is 6.25. The summed E-state index contributed by atoms with van der Waals surface area (Å²) in [5.41, 5.74) is 2.35. The van der Waals surface area contributed by atoms with Gasteiger partial charge in [0.15, 0.2) is 17.4 Å². The number of anilines is 3. The fraction of sp³-hybridized carbons (Fsp3) is 0.348. The summed E-state index contributed by atoms with van der Waals surface area (Å²) in [6.45, 7) is 3.74. The number of carbonyl (C=O) groups is 2. The van der Waals surface area contributed by atoms with Crippen molar-refractivity contribution in [2.24, 2.45) is 13.0 Å². The molecular formula is C23H27N7O3. The lowest BCUT2D eigenvalue weighted by Crippen LogP contribution is -2.34. The molecule has 0 saturated heterocycles. The van der Waals surface area contributed by atoms with E-state index in [9.17, 15) is 9.59 Å². The van der Waals surface area contributed by atoms with E-state index in [0.29, 0.717) is 39.9 Å². The molecule has 172 valence electrons. The van der Waals surface area contributed by atoms with Gasteiger partial charge in [0.2, 0.25) is 0 Å². The molecule has 10 heteroatoms. The monoisotopic (exact) mass is 449 g/mol. The molecule has 0 radical (unpaired) electrons. The van der Waals surface area contributed by atoms with Crippen LogP contribution >= 0.6 is 0 Å². The average molecular weight is 450 g/mol. The summed E-state index contributed by atoms with van der Waals surface area (Å²) >= 11 is 0. The summed E-state index contributed by atoms with van der Waals surface area (Å²) in [6.07, 6.45) is 4.87. The van der Waals surface area contributed by atoms with E-state index < -0.39 is 0 Å². The lowest BCUT2D eigenvalue weighted by molar-refractivity contribution is 0.0968. The van der Waals surface area contributed by atoms with Crippen molar-refractivity contribution in [2.45, 2.75) is 32.7 Å². The minimum atomic E-state index is -0.370. The van der Waals surface area contributed by atoms with Gasteiger partial charge in [-0.25, -0.2) is 14.8 Å². The van der Waals surface area contributed by atoms with Crippen LogP contribution in [-0.4, -0.2) is 44.7 Å². The van der Waals surface area contributed by atoms with Crippen LogP contribution in [-0.2, 0) is 7.05 Å². The van der Waals surface area contributed by atoms with Crippen LogP contribution in [0.25, 0.3) is 11.4 Å². The molecular weight excluding hydrogens is 422 g/mol. The number of nitrogens with one attached hydrogen (secondary N) is 3. The topological polar surface area (TPSA) is 123 Å². The number of ether oxygens (including phenoxy) is 1. The molecule has 10 nitrogen and oxygen atoms in total. The van der Waals surface area contributed by atoms with Gasteiger partial charge in [0, 0.05) is 31.3 Å². The highest BCUT2D eigenvalue weighted by Gasteiger charge is 2.32. The van der Waals surface area contributed by atoms with E-state index in [1.165, 1.54) is 6.20 Å². The van der Waals surface area contributed by atoms with Crippen LogP contribution < -0.4 is 20.7 Å². The van der Waals surface area contributed by atoms with Crippen molar-refractivity contribution < 1.29 is 14.3 Å². The van der Waals surface area contributed by atoms with Crippen LogP contribution in [0.2, 0.25) is 0 Å². The molecule has 1 fully saturated rings. The van der Waals surface area contributed by atoms with Crippen LogP contribution in [0.1, 0.15) is 37.0 Å². The number of rotatable bonds is 8. The van der Waals surface area contributed by atoms with Gasteiger partial charge in [0.1, 0.15) is 12.1 Å². The van der Waals surface area contributed by atoms with Gasteiger partial charge in [0.25, 0.3) is 0 Å². The van der Waals surface area contributed by atoms with Gasteiger partial charge in [-0.05, 0) is 38.8 Å². The molecule has 1 aliphatic carbocycles. The van der Waals surface area contributed by atoms with Gasteiger partial charge in [0.05, 0.1) is 29.6 Å². The van der Waals surface area contributed by atoms with Crippen molar-refractivity contribution in [1.82, 2.24) is 25.1 Å². The largest absolute Gasteiger partial charge is 0.494 e. The number of nitrogens with zero attached hydrogens (tertiary/aromatic N) is 4. The zero-order valence-electron chi connectivity index (χ0n) is 19.0. The van der Waals surface area contributed by atoms with E-state index in [2.05, 4.69) is 31.0 Å². The molecule has 1 aliphatic rings. The number of hydrogen-bond donors (Lipinski definition) is 3. The molecule has 2 aromatic heterocycles. The number of aromatic nitrogens is 4. The smallest absolute Gasteiger partial charge is 0.320 e. The van der Waals surface area contributed by atoms with E-state index in [1.807, 2.05) is 32.0 Å². The van der Waals surface area contributed by atoms with Crippen molar-refractivity contribution >= 4 is 29.0 Å². The Bertz CT molecular complexity index is 1180. The zero-order chi connectivity index (χ0) is 23.5. The van der Waals surface area contributed by atoms with Crippen LogP contribution in [0.5, 0.6) is 5.75 Å². The molecule has 2 heterocycles. The van der Waals surface area contributed by atoms with Crippen molar-refractivity contribution in [3.63, 3.8) is 0 Å². The van der Waals surface area contributed by atoms with E-state index >= 15 is 0 Å². The van der Waals surface area contributed by atoms with Crippen LogP contribution in [0, 0.1) is 5.92 Å². The Morgan fingerprint density at radius 2 is 1.97 bits per heavy atom. The fourth-order valence-corrected chi connectivity index (χ4v) is 3.44. The Balaban J connectivity index is 1.70. The van der Waals surface area contributed by atoms with E-state index in [0.717, 1.165) is 12.8 Å². The molecule has 0 aliphatic heterocycles. The number of ketones is 1. The quantitative estimate of drug-likeness (QED) is 0.448. The lowest BCUT2D eigenvalue weighted by atomic mass is 10.1. The molecule has 0 atom stereocenters. The molecule has 33 heavy (non-hydrogen) atoms. The number of benzene rings is 1. The van der Waals surface area contributed by atoms with Gasteiger partial charge < -0.3 is 15.4 Å². The number of amides is 2. The number of Topliss-reactive ketones (excluding diaryl/α,β-unsaturated/α-hetero) is 1. The van der Waals surface area contributed by atoms with Crippen LogP contribution in [0.4, 0.5) is 22.0 Å². The fourth-order valence-electron chi connectivity index (χ4n) is 3.44. The van der Waals surface area contributed by atoms with E-state index in [4.69, 9.17) is 4.74 Å². The molecule has 0 unspecified atom stereocenters. The normalized spacial score (nSPS) is 13.0. The van der Waals surface area contributed by atoms with E-state index in [-0.39, 0.29) is 23.8 Å². The summed E-state index contributed by atoms with van der Waals surface area (Å²) in [4.78, 5) is 33.7. The Labute approximate surface area is 191 Å². The molecule has 4 rings (SSSR count). The first-order valence-electron chi connectivity index (χ1n) is 10.8. The number of pyridine rings is 1. The van der Waals surface area contributed by atoms with Gasteiger partial charge in [-0.3, -0.25) is 14.8 Å². The number of para-hydroxylation sites is 1. The Hall–Kier alpha value is -3.95. The number of urea groups is 1. The first-order chi connectivity index (χ1) is 15.9. The third kappa shape index (κ3) is 5.11. The van der Waals surface area contributed by atoms with Crippen LogP contribution in [0.15, 0.2) is 36.8 Å².